The van der Waals surface area contributed by atoms with E-state index in [9.17, 15) is 4.79 Å². The quantitative estimate of drug-likeness (QED) is 0.0712. The van der Waals surface area contributed by atoms with Crippen molar-refractivity contribution in [2.75, 3.05) is 19.8 Å². The molecule has 0 aliphatic heterocycles. The number of hydrogen-bond donors (Lipinski definition) is 1. The smallest absolute Gasteiger partial charge is 0.407 e. The van der Waals surface area contributed by atoms with Gasteiger partial charge in [-0.25, -0.2) is 4.79 Å². The first-order chi connectivity index (χ1) is 21.8. The van der Waals surface area contributed by atoms with E-state index in [4.69, 9.17) is 14.2 Å². The number of carbonyl (C=O) groups excluding carboxylic acids is 1. The zero-order chi connectivity index (χ0) is 33.3. The molecule has 0 aromatic heterocycles. The molecule has 5 heteroatoms. The Balaban J connectivity index is 4.17. The Morgan fingerprint density at radius 1 is 0.578 bits per heavy atom. The summed E-state index contributed by atoms with van der Waals surface area (Å²) in [5, 5.41) is 2.96. The zero-order valence-corrected chi connectivity index (χ0v) is 31.5. The third-order valence-electron chi connectivity index (χ3n) is 8.78. The second-order valence-corrected chi connectivity index (χ2v) is 14.8. The van der Waals surface area contributed by atoms with Gasteiger partial charge in [-0.15, -0.1) is 0 Å². The summed E-state index contributed by atoms with van der Waals surface area (Å²) in [6.45, 7) is 14.5. The number of amides is 1. The fourth-order valence-electron chi connectivity index (χ4n) is 5.84. The molecule has 0 fully saturated rings. The van der Waals surface area contributed by atoms with Crippen molar-refractivity contribution in [3.63, 3.8) is 0 Å². The van der Waals surface area contributed by atoms with Crippen molar-refractivity contribution >= 4 is 6.09 Å². The van der Waals surface area contributed by atoms with E-state index in [1.165, 1.54) is 141 Å². The number of unbranched alkanes of at least 4 members (excludes halogenated alkanes) is 22. The molecule has 0 saturated heterocycles. The lowest BCUT2D eigenvalue weighted by Gasteiger charge is -2.22. The van der Waals surface area contributed by atoms with Gasteiger partial charge in [-0.2, -0.15) is 0 Å². The monoisotopic (exact) mass is 640 g/mol. The maximum Gasteiger partial charge on any atom is 0.407 e. The summed E-state index contributed by atoms with van der Waals surface area (Å²) in [5.41, 5.74) is -0.153. The normalized spacial score (nSPS) is 12.6. The molecule has 0 bridgehead atoms. The third-order valence-corrected chi connectivity index (χ3v) is 8.78. The Bertz CT molecular complexity index is 578. The molecule has 0 aliphatic carbocycles. The Labute approximate surface area is 282 Å². The van der Waals surface area contributed by atoms with Crippen LogP contribution in [0.15, 0.2) is 0 Å². The lowest BCUT2D eigenvalue weighted by atomic mass is 10.0. The summed E-state index contributed by atoms with van der Waals surface area (Å²) in [5.74, 6) is 0. The van der Waals surface area contributed by atoms with Crippen LogP contribution in [0.5, 0.6) is 0 Å². The largest absolute Gasteiger partial charge is 0.446 e. The van der Waals surface area contributed by atoms with Crippen molar-refractivity contribution in [2.45, 2.75) is 233 Å². The molecule has 1 atom stereocenters. The SMILES string of the molecule is CCCCCCCCCCCCCCC(CCCCCCCCCCCCCC)OC(=O)NCCCOC(C)COC(C)(C)C. The summed E-state index contributed by atoms with van der Waals surface area (Å²) in [7, 11) is 0. The van der Waals surface area contributed by atoms with Gasteiger partial charge in [-0.3, -0.25) is 0 Å². The molecule has 0 radical (unpaired) electrons. The van der Waals surface area contributed by atoms with E-state index < -0.39 is 0 Å². The number of nitrogens with one attached hydrogen (secondary N) is 1. The van der Waals surface area contributed by atoms with Crippen molar-refractivity contribution in [2.24, 2.45) is 0 Å². The second-order valence-electron chi connectivity index (χ2n) is 14.8. The minimum Gasteiger partial charge on any atom is -0.446 e. The van der Waals surface area contributed by atoms with Crippen molar-refractivity contribution in [3.8, 4) is 0 Å². The van der Waals surface area contributed by atoms with Crippen LogP contribution in [0.2, 0.25) is 0 Å². The van der Waals surface area contributed by atoms with E-state index in [0.29, 0.717) is 19.8 Å². The standard InChI is InChI=1S/C40H81NO4/c1-7-9-11-13-15-17-19-21-23-25-27-29-32-38(33-30-28-26-24-22-20-18-16-14-12-10-8-2)45-39(42)41-34-31-35-43-37(3)36-44-40(4,5)6/h37-38H,7-36H2,1-6H3,(H,41,42). The maximum atomic E-state index is 12.6. The molecule has 1 unspecified atom stereocenters. The van der Waals surface area contributed by atoms with Crippen LogP contribution in [-0.4, -0.2) is 43.7 Å². The van der Waals surface area contributed by atoms with Gasteiger partial charge in [0.05, 0.1) is 18.3 Å². The molecule has 0 saturated carbocycles. The molecule has 45 heavy (non-hydrogen) atoms. The number of carbonyl (C=O) groups is 1. The number of rotatable bonds is 34. The van der Waals surface area contributed by atoms with Crippen molar-refractivity contribution in [1.82, 2.24) is 5.32 Å². The number of ether oxygens (including phenoxy) is 3. The van der Waals surface area contributed by atoms with Crippen molar-refractivity contribution in [3.05, 3.63) is 0 Å². The van der Waals surface area contributed by atoms with Gasteiger partial charge >= 0.3 is 6.09 Å². The van der Waals surface area contributed by atoms with E-state index in [1.807, 2.05) is 6.92 Å². The van der Waals surface area contributed by atoms with Crippen LogP contribution in [0.25, 0.3) is 0 Å². The Morgan fingerprint density at radius 3 is 1.33 bits per heavy atom. The highest BCUT2D eigenvalue weighted by Gasteiger charge is 2.15. The van der Waals surface area contributed by atoms with E-state index in [-0.39, 0.29) is 23.9 Å². The summed E-state index contributed by atoms with van der Waals surface area (Å²) in [4.78, 5) is 12.6. The highest BCUT2D eigenvalue weighted by Crippen LogP contribution is 2.18. The van der Waals surface area contributed by atoms with Gasteiger partial charge in [0.2, 0.25) is 0 Å². The first kappa shape index (κ1) is 44.2. The number of hydrogen-bond acceptors (Lipinski definition) is 4. The van der Waals surface area contributed by atoms with Gasteiger partial charge in [0.25, 0.3) is 0 Å². The minimum atomic E-state index is -0.262. The van der Waals surface area contributed by atoms with Gasteiger partial charge in [-0.1, -0.05) is 155 Å². The average molecular weight is 640 g/mol. The summed E-state index contributed by atoms with van der Waals surface area (Å²) in [6, 6.07) is 0. The van der Waals surface area contributed by atoms with E-state index >= 15 is 0 Å². The molecule has 0 aromatic carbocycles. The molecule has 0 spiro atoms. The Morgan fingerprint density at radius 2 is 0.956 bits per heavy atom. The van der Waals surface area contributed by atoms with Crippen LogP contribution in [0.3, 0.4) is 0 Å². The highest BCUT2D eigenvalue weighted by atomic mass is 16.6. The summed E-state index contributed by atoms with van der Waals surface area (Å²) >= 11 is 0. The fraction of sp³-hybridized carbons (Fsp3) is 0.975. The van der Waals surface area contributed by atoms with Gasteiger partial charge in [-0.05, 0) is 59.8 Å². The number of alkyl carbamates (subject to hydrolysis) is 1. The zero-order valence-electron chi connectivity index (χ0n) is 31.5. The molecular formula is C40H81NO4. The van der Waals surface area contributed by atoms with Crippen LogP contribution < -0.4 is 5.32 Å². The second kappa shape index (κ2) is 33.1. The van der Waals surface area contributed by atoms with Crippen molar-refractivity contribution in [1.29, 1.82) is 0 Å². The molecule has 270 valence electrons. The third kappa shape index (κ3) is 35.9. The summed E-state index contributed by atoms with van der Waals surface area (Å²) in [6.07, 6.45) is 35.1. The molecule has 0 aliphatic rings. The Kier molecular flexibility index (Phi) is 32.5. The minimum absolute atomic E-state index is 0.0436. The summed E-state index contributed by atoms with van der Waals surface area (Å²) < 4.78 is 17.6. The van der Waals surface area contributed by atoms with Crippen LogP contribution in [0.1, 0.15) is 215 Å². The predicted molar refractivity (Wildman–Crippen MR) is 195 cm³/mol. The van der Waals surface area contributed by atoms with Gasteiger partial charge in [0, 0.05) is 13.2 Å². The molecule has 1 amide bonds. The topological polar surface area (TPSA) is 56.8 Å². The van der Waals surface area contributed by atoms with E-state index in [0.717, 1.165) is 32.1 Å². The van der Waals surface area contributed by atoms with Crippen LogP contribution in [0.4, 0.5) is 4.79 Å². The van der Waals surface area contributed by atoms with Gasteiger partial charge < -0.3 is 19.5 Å². The molecule has 1 N–H and O–H groups in total. The molecule has 5 nitrogen and oxygen atoms in total. The average Bonchev–Trinajstić information content (AvgIpc) is 3.00. The van der Waals surface area contributed by atoms with Crippen LogP contribution in [-0.2, 0) is 14.2 Å². The maximum absolute atomic E-state index is 12.6. The van der Waals surface area contributed by atoms with E-state index in [1.54, 1.807) is 0 Å². The van der Waals surface area contributed by atoms with Crippen LogP contribution in [0, 0.1) is 0 Å². The lowest BCUT2D eigenvalue weighted by molar-refractivity contribution is -0.0666. The fourth-order valence-corrected chi connectivity index (χ4v) is 5.84. The van der Waals surface area contributed by atoms with E-state index in [2.05, 4.69) is 39.9 Å². The molecule has 0 rings (SSSR count). The highest BCUT2D eigenvalue weighted by molar-refractivity contribution is 5.67. The van der Waals surface area contributed by atoms with Crippen molar-refractivity contribution < 1.29 is 19.0 Å². The van der Waals surface area contributed by atoms with Gasteiger partial charge in [0.1, 0.15) is 6.10 Å². The van der Waals surface area contributed by atoms with Crippen LogP contribution >= 0.6 is 0 Å². The molecular weight excluding hydrogens is 558 g/mol. The Hall–Kier alpha value is -0.810. The first-order valence-electron chi connectivity index (χ1n) is 20.0. The lowest BCUT2D eigenvalue weighted by Crippen LogP contribution is -2.31. The predicted octanol–water partition coefficient (Wildman–Crippen LogP) is 12.9. The first-order valence-corrected chi connectivity index (χ1v) is 20.0. The molecule has 0 heterocycles. The molecule has 0 aromatic rings. The van der Waals surface area contributed by atoms with Gasteiger partial charge in [0.15, 0.2) is 0 Å².